The fourth-order valence-electron chi connectivity index (χ4n) is 4.91. The number of benzene rings is 3. The average molecular weight is 510 g/mol. The highest BCUT2D eigenvalue weighted by Crippen LogP contribution is 2.45. The average Bonchev–Trinajstić information content (AvgIpc) is 3.45. The highest BCUT2D eigenvalue weighted by atomic mass is 16.5. The molecule has 0 saturated carbocycles. The molecule has 6 nitrogen and oxygen atoms in total. The van der Waals surface area contributed by atoms with E-state index in [1.807, 2.05) is 23.1 Å². The highest BCUT2D eigenvalue weighted by molar-refractivity contribution is 6.00. The van der Waals surface area contributed by atoms with Crippen LogP contribution in [0.1, 0.15) is 64.6 Å². The molecule has 3 aromatic carbocycles. The number of nitrogens with zero attached hydrogens (tertiary/aromatic N) is 2. The number of methoxy groups -OCH3 is 1. The summed E-state index contributed by atoms with van der Waals surface area (Å²) in [5.74, 6) is 1.85. The number of fused-ring (bicyclic) bond motifs is 1. The van der Waals surface area contributed by atoms with Crippen LogP contribution in [-0.4, -0.2) is 34.7 Å². The lowest BCUT2D eigenvalue weighted by molar-refractivity contribution is 0.0730. The minimum atomic E-state index is -0.326. The summed E-state index contributed by atoms with van der Waals surface area (Å²) >= 11 is 0. The molecule has 1 N–H and O–H groups in total. The van der Waals surface area contributed by atoms with Gasteiger partial charge in [0.2, 0.25) is 0 Å². The van der Waals surface area contributed by atoms with Crippen LogP contribution in [-0.2, 0) is 6.54 Å². The van der Waals surface area contributed by atoms with Crippen molar-refractivity contribution in [3.05, 3.63) is 100 Å². The van der Waals surface area contributed by atoms with E-state index in [-0.39, 0.29) is 11.9 Å². The quantitative estimate of drug-likeness (QED) is 0.267. The van der Waals surface area contributed by atoms with Crippen molar-refractivity contribution < 1.29 is 14.3 Å². The maximum absolute atomic E-state index is 13.8. The molecule has 196 valence electrons. The number of carbonyl (C=O) groups is 1. The Morgan fingerprint density at radius 1 is 0.947 bits per heavy atom. The molecule has 4 aromatic rings. The fourth-order valence-corrected chi connectivity index (χ4v) is 4.91. The molecule has 0 bridgehead atoms. The molecule has 1 aliphatic heterocycles. The number of aromatic amines is 1. The molecule has 0 spiro atoms. The van der Waals surface area contributed by atoms with E-state index in [2.05, 4.69) is 86.4 Å². The molecule has 5 rings (SSSR count). The van der Waals surface area contributed by atoms with Crippen molar-refractivity contribution in [2.45, 2.75) is 46.7 Å². The summed E-state index contributed by atoms with van der Waals surface area (Å²) in [5, 5.41) is 7.66. The zero-order valence-electron chi connectivity index (χ0n) is 22.7. The number of amides is 1. The van der Waals surface area contributed by atoms with Gasteiger partial charge in [-0.25, -0.2) is 0 Å². The van der Waals surface area contributed by atoms with Crippen molar-refractivity contribution >= 4 is 5.91 Å². The molecule has 1 unspecified atom stereocenters. The molecule has 1 atom stereocenters. The first-order valence-corrected chi connectivity index (χ1v) is 13.2. The third-order valence-electron chi connectivity index (χ3n) is 7.12. The van der Waals surface area contributed by atoms with Crippen molar-refractivity contribution in [2.75, 3.05) is 13.7 Å². The Morgan fingerprint density at radius 2 is 1.63 bits per heavy atom. The second-order valence-corrected chi connectivity index (χ2v) is 10.5. The number of nitrogens with one attached hydrogen (secondary N) is 1. The van der Waals surface area contributed by atoms with Gasteiger partial charge in [0.1, 0.15) is 5.69 Å². The summed E-state index contributed by atoms with van der Waals surface area (Å²) in [6.07, 6.45) is 0.963. The van der Waals surface area contributed by atoms with Crippen LogP contribution in [0, 0.1) is 19.8 Å². The summed E-state index contributed by atoms with van der Waals surface area (Å²) in [7, 11) is 1.65. The number of rotatable bonds is 9. The SMILES string of the molecule is COc1cc(C2c3c(-c4ccc(C)cc4)n[nH]c3C(=O)N2Cc2ccc(C)cc2)ccc1OCCC(C)C. The molecule has 2 heterocycles. The van der Waals surface area contributed by atoms with E-state index in [0.717, 1.165) is 34.4 Å². The molecule has 1 aliphatic rings. The standard InChI is InChI=1S/C32H35N3O3/c1-20(2)16-17-38-26-15-14-25(18-27(26)37-5)31-28-29(24-12-8-22(4)9-13-24)33-34-30(28)32(36)35(31)19-23-10-6-21(3)7-11-23/h6-15,18,20,31H,16-17,19H2,1-5H3,(H,33,34). The minimum Gasteiger partial charge on any atom is -0.493 e. The van der Waals surface area contributed by atoms with Gasteiger partial charge in [-0.1, -0.05) is 79.6 Å². The molecule has 1 amide bonds. The van der Waals surface area contributed by atoms with Crippen molar-refractivity contribution in [3.8, 4) is 22.8 Å². The maximum atomic E-state index is 13.8. The van der Waals surface area contributed by atoms with Gasteiger partial charge < -0.3 is 14.4 Å². The zero-order valence-corrected chi connectivity index (χ0v) is 22.7. The van der Waals surface area contributed by atoms with Crippen LogP contribution in [0.2, 0.25) is 0 Å². The second kappa shape index (κ2) is 10.7. The molecule has 6 heteroatoms. The van der Waals surface area contributed by atoms with E-state index >= 15 is 0 Å². The zero-order chi connectivity index (χ0) is 26.8. The van der Waals surface area contributed by atoms with Gasteiger partial charge in [-0.15, -0.1) is 0 Å². The number of aromatic nitrogens is 2. The number of carbonyl (C=O) groups excluding carboxylic acids is 1. The van der Waals surface area contributed by atoms with Crippen molar-refractivity contribution in [1.29, 1.82) is 0 Å². The Morgan fingerprint density at radius 3 is 2.29 bits per heavy atom. The van der Waals surface area contributed by atoms with Crippen molar-refractivity contribution in [2.24, 2.45) is 5.92 Å². The first-order valence-electron chi connectivity index (χ1n) is 13.2. The van der Waals surface area contributed by atoms with Crippen molar-refractivity contribution in [3.63, 3.8) is 0 Å². The lowest BCUT2D eigenvalue weighted by Crippen LogP contribution is -2.29. The van der Waals surface area contributed by atoms with Crippen LogP contribution in [0.3, 0.4) is 0 Å². The van der Waals surface area contributed by atoms with E-state index in [1.165, 1.54) is 11.1 Å². The van der Waals surface area contributed by atoms with E-state index in [9.17, 15) is 4.79 Å². The van der Waals surface area contributed by atoms with Gasteiger partial charge in [-0.3, -0.25) is 9.89 Å². The van der Waals surface area contributed by atoms with Crippen LogP contribution in [0.15, 0.2) is 66.7 Å². The van der Waals surface area contributed by atoms with Gasteiger partial charge in [-0.2, -0.15) is 5.10 Å². The Balaban J connectivity index is 1.58. The Labute approximate surface area is 224 Å². The Kier molecular flexibility index (Phi) is 7.23. The molecule has 38 heavy (non-hydrogen) atoms. The molecule has 0 aliphatic carbocycles. The van der Waals surface area contributed by atoms with E-state index in [0.29, 0.717) is 36.3 Å². The van der Waals surface area contributed by atoms with Gasteiger partial charge >= 0.3 is 0 Å². The first-order chi connectivity index (χ1) is 18.4. The first kappa shape index (κ1) is 25.6. The van der Waals surface area contributed by atoms with Gasteiger partial charge in [0.15, 0.2) is 11.5 Å². The van der Waals surface area contributed by atoms with Crippen molar-refractivity contribution in [1.82, 2.24) is 15.1 Å². The molecule has 0 fully saturated rings. The smallest absolute Gasteiger partial charge is 0.273 e. The topological polar surface area (TPSA) is 67.5 Å². The van der Waals surface area contributed by atoms with Gasteiger partial charge in [-0.05, 0) is 49.4 Å². The Hall–Kier alpha value is -4.06. The van der Waals surface area contributed by atoms with E-state index in [1.54, 1.807) is 7.11 Å². The summed E-state index contributed by atoms with van der Waals surface area (Å²) in [4.78, 5) is 15.7. The predicted molar refractivity (Wildman–Crippen MR) is 150 cm³/mol. The second-order valence-electron chi connectivity index (χ2n) is 10.5. The summed E-state index contributed by atoms with van der Waals surface area (Å²) in [5.41, 5.74) is 7.58. The largest absolute Gasteiger partial charge is 0.493 e. The third kappa shape index (κ3) is 5.03. The van der Waals surface area contributed by atoms with Crippen LogP contribution < -0.4 is 9.47 Å². The van der Waals surface area contributed by atoms with Gasteiger partial charge in [0, 0.05) is 17.7 Å². The maximum Gasteiger partial charge on any atom is 0.273 e. The van der Waals surface area contributed by atoms with Gasteiger partial charge in [0.25, 0.3) is 5.91 Å². The summed E-state index contributed by atoms with van der Waals surface area (Å²) in [6.45, 7) is 9.59. The molecule has 0 saturated heterocycles. The van der Waals surface area contributed by atoms with E-state index < -0.39 is 0 Å². The fraction of sp³-hybridized carbons (Fsp3) is 0.312. The van der Waals surface area contributed by atoms with E-state index in [4.69, 9.17) is 9.47 Å². The molecular weight excluding hydrogens is 474 g/mol. The van der Waals surface area contributed by atoms with Gasteiger partial charge in [0.05, 0.1) is 25.5 Å². The predicted octanol–water partition coefficient (Wildman–Crippen LogP) is 6.87. The van der Waals surface area contributed by atoms with Crippen LogP contribution in [0.5, 0.6) is 11.5 Å². The van der Waals surface area contributed by atoms with Crippen LogP contribution >= 0.6 is 0 Å². The minimum absolute atomic E-state index is 0.0623. The molecular formula is C32H35N3O3. The molecule has 1 aromatic heterocycles. The number of hydrogen-bond acceptors (Lipinski definition) is 4. The number of ether oxygens (including phenoxy) is 2. The number of H-pyrrole nitrogens is 1. The highest BCUT2D eigenvalue weighted by Gasteiger charge is 2.42. The summed E-state index contributed by atoms with van der Waals surface area (Å²) in [6, 6.07) is 22.2. The lowest BCUT2D eigenvalue weighted by Gasteiger charge is -2.27. The summed E-state index contributed by atoms with van der Waals surface area (Å²) < 4.78 is 11.8. The lowest BCUT2D eigenvalue weighted by atomic mass is 9.95. The molecule has 0 radical (unpaired) electrons. The van der Waals surface area contributed by atoms with Crippen LogP contribution in [0.25, 0.3) is 11.3 Å². The third-order valence-corrected chi connectivity index (χ3v) is 7.12. The number of aryl methyl sites for hydroxylation is 2. The normalized spacial score (nSPS) is 14.7. The number of hydrogen-bond donors (Lipinski definition) is 1. The Bertz CT molecular complexity index is 1420. The monoisotopic (exact) mass is 509 g/mol. The van der Waals surface area contributed by atoms with Crippen LogP contribution in [0.4, 0.5) is 0 Å².